The van der Waals surface area contributed by atoms with Crippen molar-refractivity contribution in [3.63, 3.8) is 0 Å². The van der Waals surface area contributed by atoms with Gasteiger partial charge in [0.2, 0.25) is 5.91 Å². The zero-order valence-corrected chi connectivity index (χ0v) is 14.4. The molecule has 0 radical (unpaired) electrons. The number of nitrogens with one attached hydrogen (secondary N) is 1. The average Bonchev–Trinajstić information content (AvgIpc) is 2.64. The molecule has 2 nitrogen and oxygen atoms in total. The second kappa shape index (κ2) is 10.1. The van der Waals surface area contributed by atoms with E-state index in [4.69, 9.17) is 0 Å². The van der Waals surface area contributed by atoms with Crippen LogP contribution in [-0.4, -0.2) is 5.91 Å². The van der Waals surface area contributed by atoms with Crippen LogP contribution in [0, 0.1) is 5.82 Å². The zero-order valence-electron chi connectivity index (χ0n) is 14.4. The van der Waals surface area contributed by atoms with Crippen LogP contribution in [0.5, 0.6) is 0 Å². The molecule has 0 heterocycles. The van der Waals surface area contributed by atoms with E-state index in [9.17, 15) is 13.6 Å². The Hall–Kier alpha value is -3.01. The Kier molecular flexibility index (Phi) is 7.49. The van der Waals surface area contributed by atoms with Crippen LogP contribution in [0.4, 0.5) is 8.78 Å². The van der Waals surface area contributed by atoms with E-state index in [0.717, 1.165) is 11.1 Å². The molecule has 2 aromatic carbocycles. The Morgan fingerprint density at radius 2 is 1.81 bits per heavy atom. The van der Waals surface area contributed by atoms with Crippen LogP contribution < -0.4 is 5.32 Å². The van der Waals surface area contributed by atoms with Crippen LogP contribution in [0.2, 0.25) is 0 Å². The van der Waals surface area contributed by atoms with Gasteiger partial charge in [-0.2, -0.15) is 0 Å². The minimum atomic E-state index is -0.321. The highest BCUT2D eigenvalue weighted by Gasteiger charge is 2.04. The first-order valence-electron chi connectivity index (χ1n) is 8.30. The molecule has 0 saturated carbocycles. The molecule has 1 amide bonds. The van der Waals surface area contributed by atoms with Crippen LogP contribution in [-0.2, 0) is 24.2 Å². The van der Waals surface area contributed by atoms with Gasteiger partial charge in [0, 0.05) is 6.54 Å². The molecule has 0 fully saturated rings. The van der Waals surface area contributed by atoms with Crippen molar-refractivity contribution in [1.29, 1.82) is 0 Å². The van der Waals surface area contributed by atoms with Crippen LogP contribution in [0.25, 0.3) is 0 Å². The molecule has 26 heavy (non-hydrogen) atoms. The van der Waals surface area contributed by atoms with E-state index >= 15 is 0 Å². The molecule has 0 unspecified atom stereocenters. The summed E-state index contributed by atoms with van der Waals surface area (Å²) in [5, 5.41) is 2.77. The van der Waals surface area contributed by atoms with Crippen molar-refractivity contribution >= 4 is 5.91 Å². The van der Waals surface area contributed by atoms with E-state index in [1.165, 1.54) is 36.4 Å². The summed E-state index contributed by atoms with van der Waals surface area (Å²) in [6.07, 6.45) is 6.60. The Morgan fingerprint density at radius 3 is 2.50 bits per heavy atom. The molecule has 0 spiro atoms. The minimum absolute atomic E-state index is 0.137. The van der Waals surface area contributed by atoms with Crippen molar-refractivity contribution in [2.45, 2.75) is 19.4 Å². The summed E-state index contributed by atoms with van der Waals surface area (Å²) in [6, 6.07) is 13.6. The molecule has 1 N–H and O–H groups in total. The first kappa shape index (κ1) is 19.3. The van der Waals surface area contributed by atoms with Gasteiger partial charge in [0.1, 0.15) is 11.6 Å². The van der Waals surface area contributed by atoms with Gasteiger partial charge in [-0.15, -0.1) is 0 Å². The van der Waals surface area contributed by atoms with Gasteiger partial charge in [-0.3, -0.25) is 4.79 Å². The fourth-order valence-corrected chi connectivity index (χ4v) is 2.33. The van der Waals surface area contributed by atoms with Gasteiger partial charge >= 0.3 is 0 Å². The second-order valence-corrected chi connectivity index (χ2v) is 5.79. The predicted molar refractivity (Wildman–Crippen MR) is 101 cm³/mol. The van der Waals surface area contributed by atoms with Crippen molar-refractivity contribution in [3.05, 3.63) is 108 Å². The lowest BCUT2D eigenvalue weighted by atomic mass is 10.1. The molecule has 0 aliphatic heterocycles. The highest BCUT2D eigenvalue weighted by atomic mass is 19.1. The maximum absolute atomic E-state index is 13.4. The van der Waals surface area contributed by atoms with Gasteiger partial charge in [-0.25, -0.2) is 8.78 Å². The fourth-order valence-electron chi connectivity index (χ4n) is 2.33. The van der Waals surface area contributed by atoms with Gasteiger partial charge in [-0.1, -0.05) is 55.1 Å². The number of carbonyl (C=O) groups excluding carboxylic acids is 1. The number of benzene rings is 2. The standard InChI is InChI=1S/C22H21F2NO/c1-2-3-6-20(23)13-12-17-8-10-18(11-9-17)15-22(26)25-16-19-5-4-7-21(24)14-19/h2-11,13-14H,1,12,15-16H2,(H,25,26)/b6-3-,20-13+. The molecule has 0 aliphatic carbocycles. The second-order valence-electron chi connectivity index (χ2n) is 5.79. The molecular weight excluding hydrogens is 332 g/mol. The molecule has 0 atom stereocenters. The van der Waals surface area contributed by atoms with E-state index in [1.54, 1.807) is 12.1 Å². The lowest BCUT2D eigenvalue weighted by molar-refractivity contribution is -0.120. The van der Waals surface area contributed by atoms with Crippen molar-refractivity contribution < 1.29 is 13.6 Å². The first-order valence-corrected chi connectivity index (χ1v) is 8.30. The number of halogens is 2. The van der Waals surface area contributed by atoms with Crippen molar-refractivity contribution in [2.24, 2.45) is 0 Å². The molecule has 0 bridgehead atoms. The maximum Gasteiger partial charge on any atom is 0.224 e. The Labute approximate surface area is 152 Å². The number of amides is 1. The first-order chi connectivity index (χ1) is 12.6. The van der Waals surface area contributed by atoms with Gasteiger partial charge in [0.05, 0.1) is 6.42 Å². The minimum Gasteiger partial charge on any atom is -0.352 e. The Bertz CT molecular complexity index is 807. The number of carbonyl (C=O) groups is 1. The van der Waals surface area contributed by atoms with E-state index in [-0.39, 0.29) is 30.5 Å². The lowest BCUT2D eigenvalue weighted by Gasteiger charge is -2.06. The average molecular weight is 353 g/mol. The molecule has 2 rings (SSSR count). The summed E-state index contributed by atoms with van der Waals surface area (Å²) in [7, 11) is 0. The number of allylic oxidation sites excluding steroid dienone is 5. The van der Waals surface area contributed by atoms with E-state index in [2.05, 4.69) is 11.9 Å². The molecule has 0 aliphatic rings. The monoisotopic (exact) mass is 353 g/mol. The summed E-state index contributed by atoms with van der Waals surface area (Å²) in [4.78, 5) is 12.0. The largest absolute Gasteiger partial charge is 0.352 e. The lowest BCUT2D eigenvalue weighted by Crippen LogP contribution is -2.24. The third-order valence-corrected chi connectivity index (χ3v) is 3.69. The zero-order chi connectivity index (χ0) is 18.8. The molecule has 2 aromatic rings. The Morgan fingerprint density at radius 1 is 1.08 bits per heavy atom. The summed E-state index contributed by atoms with van der Waals surface area (Å²) in [5.41, 5.74) is 2.53. The third kappa shape index (κ3) is 6.85. The van der Waals surface area contributed by atoms with Crippen molar-refractivity contribution in [1.82, 2.24) is 5.32 Å². The van der Waals surface area contributed by atoms with E-state index < -0.39 is 0 Å². The third-order valence-electron chi connectivity index (χ3n) is 3.69. The Balaban J connectivity index is 1.83. The predicted octanol–water partition coefficient (Wildman–Crippen LogP) is 4.82. The molecular formula is C22H21F2NO. The van der Waals surface area contributed by atoms with E-state index in [1.807, 2.05) is 24.3 Å². The SMILES string of the molecule is C=C/C=C\C(F)=C/Cc1ccc(CC(=O)NCc2cccc(F)c2)cc1. The quantitative estimate of drug-likeness (QED) is 0.677. The van der Waals surface area contributed by atoms with Crippen molar-refractivity contribution in [2.75, 3.05) is 0 Å². The summed E-state index contributed by atoms with van der Waals surface area (Å²) in [6.45, 7) is 3.78. The summed E-state index contributed by atoms with van der Waals surface area (Å²) < 4.78 is 26.5. The van der Waals surface area contributed by atoms with Gasteiger partial charge in [0.15, 0.2) is 0 Å². The van der Waals surface area contributed by atoms with Crippen molar-refractivity contribution in [3.8, 4) is 0 Å². The number of hydrogen-bond donors (Lipinski definition) is 1. The van der Waals surface area contributed by atoms with E-state index in [0.29, 0.717) is 12.0 Å². The van der Waals surface area contributed by atoms with Crippen LogP contribution in [0.3, 0.4) is 0 Å². The highest BCUT2D eigenvalue weighted by molar-refractivity contribution is 5.78. The topological polar surface area (TPSA) is 29.1 Å². The molecule has 0 saturated heterocycles. The summed E-state index contributed by atoms with van der Waals surface area (Å²) in [5.74, 6) is -0.772. The van der Waals surface area contributed by atoms with Crippen LogP contribution in [0.1, 0.15) is 16.7 Å². The smallest absolute Gasteiger partial charge is 0.224 e. The van der Waals surface area contributed by atoms with Gasteiger partial charge in [-0.05, 0) is 47.4 Å². The number of hydrogen-bond acceptors (Lipinski definition) is 1. The van der Waals surface area contributed by atoms with Crippen LogP contribution >= 0.6 is 0 Å². The molecule has 4 heteroatoms. The van der Waals surface area contributed by atoms with Gasteiger partial charge < -0.3 is 5.32 Å². The van der Waals surface area contributed by atoms with Gasteiger partial charge in [0.25, 0.3) is 0 Å². The molecule has 0 aromatic heterocycles. The fraction of sp³-hybridized carbons (Fsp3) is 0.136. The maximum atomic E-state index is 13.4. The van der Waals surface area contributed by atoms with Crippen LogP contribution in [0.15, 0.2) is 85.2 Å². The molecule has 134 valence electrons. The summed E-state index contributed by atoms with van der Waals surface area (Å²) >= 11 is 0. The normalized spacial score (nSPS) is 11.5. The highest BCUT2D eigenvalue weighted by Crippen LogP contribution is 2.09. The number of rotatable bonds is 8.